The topological polar surface area (TPSA) is 143 Å². The average Bonchev–Trinajstić information content (AvgIpc) is 3.33. The molecule has 8 rings (SSSR count). The van der Waals surface area contributed by atoms with Gasteiger partial charge in [-0.1, -0.05) is 67.4 Å². The molecule has 1 unspecified atom stereocenters. The van der Waals surface area contributed by atoms with Crippen LogP contribution in [-0.4, -0.2) is 77.8 Å². The molecule has 11 heteroatoms. The van der Waals surface area contributed by atoms with Gasteiger partial charge in [-0.25, -0.2) is 0 Å². The van der Waals surface area contributed by atoms with Crippen molar-refractivity contribution in [1.82, 2.24) is 4.90 Å². The van der Waals surface area contributed by atoms with Crippen molar-refractivity contribution in [2.24, 2.45) is 22.9 Å². The van der Waals surface area contributed by atoms with Crippen LogP contribution in [0.3, 0.4) is 0 Å². The van der Waals surface area contributed by atoms with E-state index in [1.165, 1.54) is 0 Å². The minimum absolute atomic E-state index is 0.0562. The monoisotopic (exact) mass is 867 g/mol. The predicted molar refractivity (Wildman–Crippen MR) is 246 cm³/mol. The molecule has 1 saturated carbocycles. The highest BCUT2D eigenvalue weighted by molar-refractivity contribution is 6.03. The number of hydrogen-bond acceptors (Lipinski definition) is 10. The van der Waals surface area contributed by atoms with Crippen LogP contribution in [-0.2, 0) is 14.3 Å². The Kier molecular flexibility index (Phi) is 14.8. The molecule has 2 heterocycles. The Bertz CT molecular complexity index is 2350. The summed E-state index contributed by atoms with van der Waals surface area (Å²) in [7, 11) is 0. The number of aliphatic hydroxyl groups is 2. The van der Waals surface area contributed by atoms with E-state index in [4.69, 9.17) is 28.9 Å². The summed E-state index contributed by atoms with van der Waals surface area (Å²) in [5.74, 6) is -0.111. The Balaban J connectivity index is 1.32. The molecule has 4 aromatic carbocycles. The summed E-state index contributed by atoms with van der Waals surface area (Å²) in [6.45, 7) is 7.48. The van der Waals surface area contributed by atoms with Gasteiger partial charge in [0.05, 0.1) is 36.5 Å². The molecule has 11 nitrogen and oxygen atoms in total. The van der Waals surface area contributed by atoms with E-state index in [2.05, 4.69) is 49.9 Å². The molecule has 1 saturated heterocycles. The SMILES string of the molecule is C=CCO[C@@]12Oc3ccc(Oc4ccc5ccccc5c4)cc3[C@H]3[C@H](CCCCO)[C@@H](CCCCO)C=C(C(=NOC4CCCCO4)C[C@@H]1N(CCC)C(=O)c1ccc(C#N)cc1)[C@H]32. The quantitative estimate of drug-likeness (QED) is 0.0535. The lowest BCUT2D eigenvalue weighted by Crippen LogP contribution is -2.70. The van der Waals surface area contributed by atoms with E-state index in [0.29, 0.717) is 55.0 Å². The third kappa shape index (κ3) is 9.48. The first-order chi connectivity index (χ1) is 31.4. The van der Waals surface area contributed by atoms with E-state index in [-0.39, 0.29) is 49.9 Å². The summed E-state index contributed by atoms with van der Waals surface area (Å²) in [6.07, 6.45) is 11.8. The number of rotatable bonds is 19. The molecule has 0 aromatic heterocycles. The molecule has 4 aliphatic rings. The van der Waals surface area contributed by atoms with Gasteiger partial charge in [0.25, 0.3) is 5.91 Å². The van der Waals surface area contributed by atoms with Crippen LogP contribution in [0, 0.1) is 29.1 Å². The lowest BCUT2D eigenvalue weighted by atomic mass is 9.55. The maximum absolute atomic E-state index is 15.0. The molecule has 0 bridgehead atoms. The van der Waals surface area contributed by atoms with Crippen LogP contribution in [0.15, 0.2) is 114 Å². The fraction of sp³-hybridized carbons (Fsp3) is 0.453. The number of benzene rings is 4. The average molecular weight is 868 g/mol. The van der Waals surface area contributed by atoms with Crippen LogP contribution in [0.1, 0.15) is 105 Å². The van der Waals surface area contributed by atoms with E-state index in [1.54, 1.807) is 30.3 Å². The third-order valence-corrected chi connectivity index (χ3v) is 13.4. The Hall–Kier alpha value is -5.51. The summed E-state index contributed by atoms with van der Waals surface area (Å²) in [6, 6.07) is 28.6. The molecule has 0 radical (unpaired) electrons. The van der Waals surface area contributed by atoms with Crippen molar-refractivity contribution in [3.8, 4) is 23.3 Å². The number of amides is 1. The molecule has 7 atom stereocenters. The van der Waals surface area contributed by atoms with Crippen molar-refractivity contribution >= 4 is 22.4 Å². The molecule has 2 aliphatic carbocycles. The fourth-order valence-corrected chi connectivity index (χ4v) is 10.5. The molecule has 2 aliphatic heterocycles. The first kappa shape index (κ1) is 45.1. The number of unbranched alkanes of at least 4 members (excludes halogenated alkanes) is 2. The van der Waals surface area contributed by atoms with Gasteiger partial charge in [0.2, 0.25) is 12.1 Å². The number of carbonyl (C=O) groups excluding carboxylic acids is 1. The predicted octanol–water partition coefficient (Wildman–Crippen LogP) is 10.2. The second kappa shape index (κ2) is 21.0. The Labute approximate surface area is 376 Å². The van der Waals surface area contributed by atoms with Crippen molar-refractivity contribution < 1.29 is 38.8 Å². The molecular weight excluding hydrogens is 807 g/mol. The highest BCUT2D eigenvalue weighted by Crippen LogP contribution is 2.62. The molecular formula is C53H61N3O8. The highest BCUT2D eigenvalue weighted by atomic mass is 16.8. The van der Waals surface area contributed by atoms with Crippen LogP contribution in [0.25, 0.3) is 10.8 Å². The van der Waals surface area contributed by atoms with Gasteiger partial charge in [-0.05, 0) is 128 Å². The van der Waals surface area contributed by atoms with Gasteiger partial charge in [0, 0.05) is 49.6 Å². The van der Waals surface area contributed by atoms with Crippen LogP contribution in [0.2, 0.25) is 0 Å². The molecule has 336 valence electrons. The largest absolute Gasteiger partial charge is 0.459 e. The lowest BCUT2D eigenvalue weighted by molar-refractivity contribution is -0.254. The van der Waals surface area contributed by atoms with E-state index in [0.717, 1.165) is 78.3 Å². The smallest absolute Gasteiger partial charge is 0.254 e. The van der Waals surface area contributed by atoms with Crippen LogP contribution in [0.5, 0.6) is 17.2 Å². The van der Waals surface area contributed by atoms with Gasteiger partial charge in [-0.2, -0.15) is 5.26 Å². The Morgan fingerprint density at radius 2 is 1.73 bits per heavy atom. The summed E-state index contributed by atoms with van der Waals surface area (Å²) in [5.41, 5.74) is 3.58. The third-order valence-electron chi connectivity index (χ3n) is 13.4. The number of oxime groups is 1. The minimum Gasteiger partial charge on any atom is -0.459 e. The number of aliphatic hydroxyl groups excluding tert-OH is 2. The number of allylic oxidation sites excluding steroid dienone is 1. The zero-order valence-corrected chi connectivity index (χ0v) is 36.9. The maximum atomic E-state index is 15.0. The van der Waals surface area contributed by atoms with Gasteiger partial charge in [-0.3, -0.25) is 4.79 Å². The number of hydrogen-bond donors (Lipinski definition) is 2. The normalized spacial score (nSPS) is 25.3. The molecule has 4 aromatic rings. The van der Waals surface area contributed by atoms with E-state index >= 15 is 4.79 Å². The van der Waals surface area contributed by atoms with Gasteiger partial charge in [0.1, 0.15) is 23.3 Å². The number of nitrogens with zero attached hydrogens (tertiary/aromatic N) is 3. The van der Waals surface area contributed by atoms with Crippen LogP contribution in [0.4, 0.5) is 0 Å². The number of nitriles is 1. The maximum Gasteiger partial charge on any atom is 0.254 e. The summed E-state index contributed by atoms with van der Waals surface area (Å²) in [5, 5.41) is 36.8. The standard InChI is InChI=1S/C53H61N3O8/c1-3-26-56(52(59)38-20-18-36(35-54)19-21-38)48-34-46(55-64-49-17-9-12-30-60-49)44-32-40(15-7-10-27-57)43(16-8-11-28-58)50-45-33-42(62-41-23-22-37-13-5-6-14-39(37)31-41)24-25-47(45)63-53(48,51(44)50)61-29-4-2/h4-6,13-14,18-25,31-33,40,43,48-51,57-58H,2-3,7-12,15-17,26-30,34H2,1H3/t40-,43+,48-,49?,50+,51+,53+/m0/s1. The van der Waals surface area contributed by atoms with E-state index in [1.807, 2.05) is 41.3 Å². The highest BCUT2D eigenvalue weighted by Gasteiger charge is 2.65. The zero-order chi connectivity index (χ0) is 44.5. The van der Waals surface area contributed by atoms with Crippen LogP contribution >= 0.6 is 0 Å². The van der Waals surface area contributed by atoms with E-state index in [9.17, 15) is 15.5 Å². The van der Waals surface area contributed by atoms with Crippen LogP contribution < -0.4 is 9.47 Å². The van der Waals surface area contributed by atoms with Gasteiger partial charge < -0.3 is 38.9 Å². The molecule has 64 heavy (non-hydrogen) atoms. The van der Waals surface area contributed by atoms with Gasteiger partial charge in [-0.15, -0.1) is 6.58 Å². The number of carbonyl (C=O) groups is 1. The van der Waals surface area contributed by atoms with Crippen molar-refractivity contribution in [2.45, 2.75) is 102 Å². The Morgan fingerprint density at radius 1 is 0.969 bits per heavy atom. The number of fused-ring (bicyclic) bond motifs is 3. The molecule has 0 spiro atoms. The van der Waals surface area contributed by atoms with E-state index < -0.39 is 24.0 Å². The Morgan fingerprint density at radius 3 is 2.47 bits per heavy atom. The summed E-state index contributed by atoms with van der Waals surface area (Å²) < 4.78 is 27.3. The molecule has 2 fully saturated rings. The fourth-order valence-electron chi connectivity index (χ4n) is 10.5. The van der Waals surface area contributed by atoms with Crippen molar-refractivity contribution in [3.63, 3.8) is 0 Å². The lowest BCUT2D eigenvalue weighted by Gasteiger charge is -2.60. The second-order valence-corrected chi connectivity index (χ2v) is 17.5. The first-order valence-corrected chi connectivity index (χ1v) is 23.2. The van der Waals surface area contributed by atoms with Crippen molar-refractivity contribution in [1.29, 1.82) is 5.26 Å². The van der Waals surface area contributed by atoms with Gasteiger partial charge in [0.15, 0.2) is 0 Å². The first-order valence-electron chi connectivity index (χ1n) is 23.2. The van der Waals surface area contributed by atoms with Gasteiger partial charge >= 0.3 is 0 Å². The second-order valence-electron chi connectivity index (χ2n) is 17.5. The number of ether oxygens (including phenoxy) is 4. The van der Waals surface area contributed by atoms with Crippen molar-refractivity contribution in [3.05, 3.63) is 126 Å². The minimum atomic E-state index is -1.40. The summed E-state index contributed by atoms with van der Waals surface area (Å²) >= 11 is 0. The summed E-state index contributed by atoms with van der Waals surface area (Å²) in [4.78, 5) is 23.2. The van der Waals surface area contributed by atoms with Crippen molar-refractivity contribution in [2.75, 3.05) is 33.0 Å². The molecule has 1 amide bonds. The molecule has 2 N–H and O–H groups in total. The zero-order valence-electron chi connectivity index (χ0n) is 36.9.